The van der Waals surface area contributed by atoms with Crippen molar-refractivity contribution in [2.45, 2.75) is 43.7 Å². The summed E-state index contributed by atoms with van der Waals surface area (Å²) in [7, 11) is 0. The van der Waals surface area contributed by atoms with E-state index < -0.39 is 42.6 Å². The molecular formula is C23H21ClFN3O5. The van der Waals surface area contributed by atoms with Crippen LogP contribution < -0.4 is 0 Å². The van der Waals surface area contributed by atoms with Gasteiger partial charge in [-0.25, -0.2) is 9.07 Å². The number of ether oxygens (including phenoxy) is 3. The number of aromatic nitrogens is 3. The van der Waals surface area contributed by atoms with Gasteiger partial charge in [-0.15, -0.1) is 5.10 Å². The third kappa shape index (κ3) is 4.18. The number of rotatable bonds is 4. The Morgan fingerprint density at radius 2 is 2.00 bits per heavy atom. The molecule has 2 aromatic carbocycles. The molecule has 2 aliphatic rings. The van der Waals surface area contributed by atoms with Gasteiger partial charge in [0.2, 0.25) is 0 Å². The zero-order valence-electron chi connectivity index (χ0n) is 17.5. The molecule has 10 heteroatoms. The second kappa shape index (κ2) is 8.92. The maximum atomic E-state index is 13.9. The fraction of sp³-hybridized carbons (Fsp3) is 0.348. The topological polar surface area (TPSA) is 95.7 Å². The Kier molecular flexibility index (Phi) is 5.98. The molecule has 1 N–H and O–H groups in total. The lowest BCUT2D eigenvalue weighted by molar-refractivity contribution is -0.312. The normalized spacial score (nSPS) is 29.5. The lowest BCUT2D eigenvalue weighted by Crippen LogP contribution is -2.60. The van der Waals surface area contributed by atoms with Gasteiger partial charge in [-0.1, -0.05) is 53.2 Å². The molecule has 2 fully saturated rings. The number of carbonyl (C=O) groups excluding carboxylic acids is 1. The van der Waals surface area contributed by atoms with Crippen LogP contribution in [0.4, 0.5) is 4.39 Å². The molecule has 5 rings (SSSR count). The molecular weight excluding hydrogens is 453 g/mol. The molecule has 8 nitrogen and oxygen atoms in total. The summed E-state index contributed by atoms with van der Waals surface area (Å²) < 4.78 is 33.3. The first kappa shape index (κ1) is 22.1. The molecule has 33 heavy (non-hydrogen) atoms. The maximum absolute atomic E-state index is 13.9. The van der Waals surface area contributed by atoms with Crippen molar-refractivity contribution in [1.29, 1.82) is 0 Å². The van der Waals surface area contributed by atoms with Gasteiger partial charge in [-0.2, -0.15) is 0 Å². The highest BCUT2D eigenvalue weighted by Gasteiger charge is 2.52. The van der Waals surface area contributed by atoms with Crippen LogP contribution in [0.3, 0.4) is 0 Å². The molecule has 0 spiro atoms. The van der Waals surface area contributed by atoms with E-state index in [0.29, 0.717) is 11.3 Å². The van der Waals surface area contributed by atoms with E-state index in [9.17, 15) is 14.3 Å². The van der Waals surface area contributed by atoms with E-state index in [1.165, 1.54) is 23.7 Å². The number of Topliss-reactive ketones (excluding diaryl/α,β-unsaturated/α-hetero) is 1. The molecule has 6 atom stereocenters. The molecule has 172 valence electrons. The van der Waals surface area contributed by atoms with Crippen molar-refractivity contribution in [1.82, 2.24) is 15.0 Å². The first-order valence-corrected chi connectivity index (χ1v) is 10.8. The number of hydrogen-bond acceptors (Lipinski definition) is 7. The zero-order chi connectivity index (χ0) is 23.1. The second-order valence-corrected chi connectivity index (χ2v) is 8.48. The number of nitrogens with zero attached hydrogens (tertiary/aromatic N) is 3. The molecule has 0 bridgehead atoms. The second-order valence-electron chi connectivity index (χ2n) is 8.08. The molecule has 2 aliphatic heterocycles. The number of aliphatic hydroxyl groups is 1. The van der Waals surface area contributed by atoms with E-state index in [1.807, 2.05) is 30.3 Å². The Bertz CT molecular complexity index is 1160. The molecule has 0 saturated carbocycles. The summed E-state index contributed by atoms with van der Waals surface area (Å²) in [6.45, 7) is 1.52. The fourth-order valence-corrected chi connectivity index (χ4v) is 4.36. The van der Waals surface area contributed by atoms with Gasteiger partial charge in [-0.3, -0.25) is 4.79 Å². The lowest BCUT2D eigenvalue weighted by atomic mass is 9.90. The van der Waals surface area contributed by atoms with Gasteiger partial charge >= 0.3 is 0 Å². The summed E-state index contributed by atoms with van der Waals surface area (Å²) in [5, 5.41) is 19.4. The highest BCUT2D eigenvalue weighted by atomic mass is 35.5. The smallest absolute Gasteiger partial charge is 0.184 e. The Morgan fingerprint density at radius 3 is 2.73 bits per heavy atom. The predicted molar refractivity (Wildman–Crippen MR) is 115 cm³/mol. The Labute approximate surface area is 193 Å². The van der Waals surface area contributed by atoms with Crippen LogP contribution in [0.2, 0.25) is 5.02 Å². The van der Waals surface area contributed by atoms with E-state index in [2.05, 4.69) is 10.3 Å². The highest BCUT2D eigenvalue weighted by molar-refractivity contribution is 6.30. The largest absolute Gasteiger partial charge is 0.388 e. The molecule has 2 saturated heterocycles. The van der Waals surface area contributed by atoms with Gasteiger partial charge in [0.05, 0.1) is 17.8 Å². The number of ketones is 1. The van der Waals surface area contributed by atoms with E-state index in [1.54, 1.807) is 12.3 Å². The quantitative estimate of drug-likeness (QED) is 0.622. The Morgan fingerprint density at radius 1 is 1.21 bits per heavy atom. The van der Waals surface area contributed by atoms with E-state index in [0.717, 1.165) is 5.56 Å². The summed E-state index contributed by atoms with van der Waals surface area (Å²) in [4.78, 5) is 12.2. The molecule has 0 aliphatic carbocycles. The number of hydrogen-bond donors (Lipinski definition) is 1. The lowest BCUT2D eigenvalue weighted by Gasteiger charge is -2.47. The average molecular weight is 474 g/mol. The van der Waals surface area contributed by atoms with Crippen LogP contribution in [0.25, 0.3) is 11.3 Å². The molecule has 1 unspecified atom stereocenters. The van der Waals surface area contributed by atoms with Gasteiger partial charge < -0.3 is 19.3 Å². The van der Waals surface area contributed by atoms with Crippen molar-refractivity contribution >= 4 is 17.4 Å². The van der Waals surface area contributed by atoms with Crippen LogP contribution >= 0.6 is 11.6 Å². The molecule has 3 aromatic rings. The van der Waals surface area contributed by atoms with Crippen molar-refractivity contribution in [2.75, 3.05) is 6.61 Å². The molecule has 3 heterocycles. The van der Waals surface area contributed by atoms with E-state index in [-0.39, 0.29) is 17.4 Å². The van der Waals surface area contributed by atoms with Crippen LogP contribution in [0, 0.1) is 5.82 Å². The minimum Gasteiger partial charge on any atom is -0.388 e. The van der Waals surface area contributed by atoms with Gasteiger partial charge in [-0.05, 0) is 19.1 Å². The van der Waals surface area contributed by atoms with E-state index >= 15 is 0 Å². The number of fused-ring (bicyclic) bond motifs is 1. The highest BCUT2D eigenvalue weighted by Crippen LogP contribution is 2.39. The maximum Gasteiger partial charge on any atom is 0.184 e. The van der Waals surface area contributed by atoms with Crippen molar-refractivity contribution in [3.8, 4) is 11.3 Å². The summed E-state index contributed by atoms with van der Waals surface area (Å²) in [6, 6.07) is 12.9. The third-order valence-electron chi connectivity index (χ3n) is 5.88. The first-order chi connectivity index (χ1) is 15.9. The van der Waals surface area contributed by atoms with Crippen molar-refractivity contribution in [3.05, 3.63) is 71.1 Å². The van der Waals surface area contributed by atoms with Crippen LogP contribution in [-0.4, -0.2) is 56.9 Å². The number of benzene rings is 2. The van der Waals surface area contributed by atoms with Crippen LogP contribution in [0.1, 0.15) is 24.8 Å². The molecule has 1 aromatic heterocycles. The Hall–Kier alpha value is -2.69. The molecule has 0 amide bonds. The number of halogens is 2. The summed E-state index contributed by atoms with van der Waals surface area (Å²) in [5.74, 6) is -0.902. The van der Waals surface area contributed by atoms with Gasteiger partial charge in [0.15, 0.2) is 12.1 Å². The van der Waals surface area contributed by atoms with Crippen molar-refractivity contribution in [3.63, 3.8) is 0 Å². The molecule has 0 radical (unpaired) electrons. The van der Waals surface area contributed by atoms with Gasteiger partial charge in [0, 0.05) is 11.1 Å². The van der Waals surface area contributed by atoms with Crippen molar-refractivity contribution in [2.24, 2.45) is 0 Å². The predicted octanol–water partition coefficient (Wildman–Crippen LogP) is 3.11. The minimum absolute atomic E-state index is 0.000643. The summed E-state index contributed by atoms with van der Waals surface area (Å²) in [5.41, 5.74) is 1.67. The fourth-order valence-electron chi connectivity index (χ4n) is 4.24. The Balaban J connectivity index is 1.49. The standard InChI is InChI=1S/C23H21ClFN3O5/c1-12(29)21-20(30)19(28-10-17(26-27-28)14-7-8-15(24)16(25)9-14)22-18(32-21)11-31-23(33-22)13-5-3-2-4-6-13/h2-10,18-23,30H,11H2,1H3/t18-,19-,20-,21+,22+,23?/m1/s1. The van der Waals surface area contributed by atoms with Gasteiger partial charge in [0.25, 0.3) is 0 Å². The van der Waals surface area contributed by atoms with Crippen LogP contribution in [0.15, 0.2) is 54.7 Å². The summed E-state index contributed by atoms with van der Waals surface area (Å²) >= 11 is 5.78. The monoisotopic (exact) mass is 473 g/mol. The average Bonchev–Trinajstić information content (AvgIpc) is 3.30. The van der Waals surface area contributed by atoms with Crippen LogP contribution in [-0.2, 0) is 19.0 Å². The number of carbonyl (C=O) groups is 1. The van der Waals surface area contributed by atoms with Crippen molar-refractivity contribution < 1.29 is 28.5 Å². The van der Waals surface area contributed by atoms with Crippen LogP contribution in [0.5, 0.6) is 0 Å². The van der Waals surface area contributed by atoms with Gasteiger partial charge in [0.1, 0.15) is 42.0 Å². The minimum atomic E-state index is -1.24. The van der Waals surface area contributed by atoms with E-state index in [4.69, 9.17) is 25.8 Å². The summed E-state index contributed by atoms with van der Waals surface area (Å²) in [6.07, 6.45) is -2.69. The first-order valence-electron chi connectivity index (χ1n) is 10.5. The third-order valence-corrected chi connectivity index (χ3v) is 6.19. The SMILES string of the molecule is CC(=O)[C@@H]1O[C@@H]2COC(c3ccccc3)O[C@@H]2[C@H](n2cc(-c3ccc(Cl)c(F)c3)nn2)[C@H]1O. The zero-order valence-corrected chi connectivity index (χ0v) is 18.3. The number of aliphatic hydroxyl groups excluding tert-OH is 1.